The van der Waals surface area contributed by atoms with Crippen molar-refractivity contribution in [2.45, 2.75) is 12.6 Å². The standard InChI is InChI=1S/C16H16N2O3/c17-15(20)13-8-6-11(7-9-13)10-18-16(21)14(19)12-4-2-1-3-5-12/h1-9,14,19H,10H2,(H2,17,20)(H,18,21). The van der Waals surface area contributed by atoms with Gasteiger partial charge in [0.25, 0.3) is 5.91 Å². The Morgan fingerprint density at radius 3 is 2.24 bits per heavy atom. The molecule has 0 fully saturated rings. The van der Waals surface area contributed by atoms with E-state index in [9.17, 15) is 14.7 Å². The lowest BCUT2D eigenvalue weighted by atomic mass is 10.1. The summed E-state index contributed by atoms with van der Waals surface area (Å²) >= 11 is 0. The smallest absolute Gasteiger partial charge is 0.253 e. The first-order valence-corrected chi connectivity index (χ1v) is 6.47. The summed E-state index contributed by atoms with van der Waals surface area (Å²) in [5.74, 6) is -0.967. The number of nitrogens with one attached hydrogen (secondary N) is 1. The summed E-state index contributed by atoms with van der Waals surface area (Å²) in [5, 5.41) is 12.6. The first kappa shape index (κ1) is 14.7. The van der Waals surface area contributed by atoms with Crippen LogP contribution in [0.4, 0.5) is 0 Å². The molecule has 2 aromatic carbocycles. The van der Waals surface area contributed by atoms with E-state index in [4.69, 9.17) is 5.73 Å². The van der Waals surface area contributed by atoms with Crippen molar-refractivity contribution in [2.75, 3.05) is 0 Å². The summed E-state index contributed by atoms with van der Waals surface area (Å²) in [6.45, 7) is 0.266. The van der Waals surface area contributed by atoms with Crippen LogP contribution in [0.2, 0.25) is 0 Å². The summed E-state index contributed by atoms with van der Waals surface area (Å²) < 4.78 is 0. The van der Waals surface area contributed by atoms with Crippen LogP contribution in [0.1, 0.15) is 27.6 Å². The molecule has 5 nitrogen and oxygen atoms in total. The van der Waals surface area contributed by atoms with Gasteiger partial charge in [-0.2, -0.15) is 0 Å². The number of carbonyl (C=O) groups is 2. The molecule has 0 aliphatic rings. The molecular formula is C16H16N2O3. The van der Waals surface area contributed by atoms with Gasteiger partial charge in [-0.05, 0) is 23.3 Å². The molecule has 0 heterocycles. The van der Waals surface area contributed by atoms with Gasteiger partial charge in [0.05, 0.1) is 0 Å². The lowest BCUT2D eigenvalue weighted by molar-refractivity contribution is -0.129. The molecule has 21 heavy (non-hydrogen) atoms. The van der Waals surface area contributed by atoms with E-state index in [0.29, 0.717) is 11.1 Å². The number of carbonyl (C=O) groups excluding carboxylic acids is 2. The average molecular weight is 284 g/mol. The molecular weight excluding hydrogens is 268 g/mol. The fourth-order valence-electron chi connectivity index (χ4n) is 1.86. The highest BCUT2D eigenvalue weighted by Crippen LogP contribution is 2.12. The predicted octanol–water partition coefficient (Wildman–Crippen LogP) is 1.14. The van der Waals surface area contributed by atoms with Gasteiger partial charge in [0.2, 0.25) is 5.91 Å². The fraction of sp³-hybridized carbons (Fsp3) is 0.125. The van der Waals surface area contributed by atoms with Crippen molar-refractivity contribution in [3.05, 3.63) is 71.3 Å². The molecule has 0 aromatic heterocycles. The molecule has 0 saturated carbocycles. The zero-order chi connectivity index (χ0) is 15.2. The molecule has 2 rings (SSSR count). The van der Waals surface area contributed by atoms with Crippen LogP contribution >= 0.6 is 0 Å². The van der Waals surface area contributed by atoms with Gasteiger partial charge in [-0.15, -0.1) is 0 Å². The molecule has 4 N–H and O–H groups in total. The topological polar surface area (TPSA) is 92.4 Å². The Morgan fingerprint density at radius 2 is 1.67 bits per heavy atom. The van der Waals surface area contributed by atoms with Crippen LogP contribution in [-0.2, 0) is 11.3 Å². The molecule has 0 saturated heterocycles. The first-order valence-electron chi connectivity index (χ1n) is 6.47. The maximum absolute atomic E-state index is 11.9. The number of rotatable bonds is 5. The number of hydrogen-bond acceptors (Lipinski definition) is 3. The molecule has 2 aromatic rings. The Labute approximate surface area is 122 Å². The van der Waals surface area contributed by atoms with Crippen molar-refractivity contribution >= 4 is 11.8 Å². The number of nitrogens with two attached hydrogens (primary N) is 1. The van der Waals surface area contributed by atoms with Crippen molar-refractivity contribution < 1.29 is 14.7 Å². The first-order chi connectivity index (χ1) is 10.1. The second kappa shape index (κ2) is 6.67. The number of primary amides is 1. The Morgan fingerprint density at radius 1 is 1.05 bits per heavy atom. The maximum Gasteiger partial charge on any atom is 0.253 e. The highest BCUT2D eigenvalue weighted by molar-refractivity contribution is 5.92. The minimum atomic E-state index is -1.20. The van der Waals surface area contributed by atoms with E-state index in [2.05, 4.69) is 5.32 Å². The van der Waals surface area contributed by atoms with Crippen LogP contribution in [0.5, 0.6) is 0 Å². The van der Waals surface area contributed by atoms with Crippen LogP contribution in [0.25, 0.3) is 0 Å². The van der Waals surface area contributed by atoms with Crippen LogP contribution < -0.4 is 11.1 Å². The third-order valence-electron chi connectivity index (χ3n) is 3.07. The average Bonchev–Trinajstić information content (AvgIpc) is 2.53. The highest BCUT2D eigenvalue weighted by Gasteiger charge is 2.16. The van der Waals surface area contributed by atoms with Crippen LogP contribution in [0.15, 0.2) is 54.6 Å². The van der Waals surface area contributed by atoms with Gasteiger partial charge in [-0.3, -0.25) is 9.59 Å². The summed E-state index contributed by atoms with van der Waals surface area (Å²) in [6, 6.07) is 15.3. The van der Waals surface area contributed by atoms with Gasteiger partial charge < -0.3 is 16.2 Å². The lowest BCUT2D eigenvalue weighted by Gasteiger charge is -2.11. The van der Waals surface area contributed by atoms with Gasteiger partial charge in [-0.1, -0.05) is 42.5 Å². The second-order valence-electron chi connectivity index (χ2n) is 4.59. The number of aliphatic hydroxyl groups excluding tert-OH is 1. The Kier molecular flexibility index (Phi) is 4.68. The van der Waals surface area contributed by atoms with Crippen molar-refractivity contribution in [1.29, 1.82) is 0 Å². The van der Waals surface area contributed by atoms with Gasteiger partial charge in [0.15, 0.2) is 6.10 Å². The predicted molar refractivity (Wildman–Crippen MR) is 78.2 cm³/mol. The molecule has 0 bridgehead atoms. The van der Waals surface area contributed by atoms with Gasteiger partial charge in [-0.25, -0.2) is 0 Å². The van der Waals surface area contributed by atoms with E-state index >= 15 is 0 Å². The SMILES string of the molecule is NC(=O)c1ccc(CNC(=O)C(O)c2ccccc2)cc1. The summed E-state index contributed by atoms with van der Waals surface area (Å²) in [6.07, 6.45) is -1.20. The van der Waals surface area contributed by atoms with Crippen LogP contribution in [0.3, 0.4) is 0 Å². The normalized spacial score (nSPS) is 11.7. The van der Waals surface area contributed by atoms with Crippen molar-refractivity contribution in [3.63, 3.8) is 0 Å². The van der Waals surface area contributed by atoms with E-state index in [-0.39, 0.29) is 6.54 Å². The van der Waals surface area contributed by atoms with Crippen molar-refractivity contribution in [3.8, 4) is 0 Å². The second-order valence-corrected chi connectivity index (χ2v) is 4.59. The van der Waals surface area contributed by atoms with Crippen molar-refractivity contribution in [1.82, 2.24) is 5.32 Å². The highest BCUT2D eigenvalue weighted by atomic mass is 16.3. The van der Waals surface area contributed by atoms with E-state index in [1.807, 2.05) is 6.07 Å². The third-order valence-corrected chi connectivity index (χ3v) is 3.07. The fourth-order valence-corrected chi connectivity index (χ4v) is 1.86. The molecule has 0 aliphatic carbocycles. The Balaban J connectivity index is 1.93. The third kappa shape index (κ3) is 3.90. The molecule has 1 unspecified atom stereocenters. The molecule has 1 atom stereocenters. The molecule has 0 spiro atoms. The van der Waals surface area contributed by atoms with Gasteiger partial charge >= 0.3 is 0 Å². The van der Waals surface area contributed by atoms with Crippen molar-refractivity contribution in [2.24, 2.45) is 5.73 Å². The minimum Gasteiger partial charge on any atom is -0.378 e. The maximum atomic E-state index is 11.9. The van der Waals surface area contributed by atoms with E-state index in [1.54, 1.807) is 48.5 Å². The van der Waals surface area contributed by atoms with E-state index < -0.39 is 17.9 Å². The molecule has 0 radical (unpaired) electrons. The number of amides is 2. The van der Waals surface area contributed by atoms with E-state index in [0.717, 1.165) is 5.56 Å². The number of benzene rings is 2. The zero-order valence-electron chi connectivity index (χ0n) is 11.3. The number of aliphatic hydroxyl groups is 1. The van der Waals surface area contributed by atoms with E-state index in [1.165, 1.54) is 0 Å². The monoisotopic (exact) mass is 284 g/mol. The van der Waals surface area contributed by atoms with Crippen LogP contribution in [-0.4, -0.2) is 16.9 Å². The molecule has 5 heteroatoms. The quantitative estimate of drug-likeness (QED) is 0.768. The lowest BCUT2D eigenvalue weighted by Crippen LogP contribution is -2.28. The van der Waals surface area contributed by atoms with Gasteiger partial charge in [0, 0.05) is 12.1 Å². The molecule has 2 amide bonds. The molecule has 108 valence electrons. The zero-order valence-corrected chi connectivity index (χ0v) is 11.3. The minimum absolute atomic E-state index is 0.266. The Hall–Kier alpha value is -2.66. The van der Waals surface area contributed by atoms with Gasteiger partial charge in [0.1, 0.15) is 0 Å². The summed E-state index contributed by atoms with van der Waals surface area (Å²) in [5.41, 5.74) is 6.91. The largest absolute Gasteiger partial charge is 0.378 e. The Bertz CT molecular complexity index is 624. The molecule has 0 aliphatic heterocycles. The van der Waals surface area contributed by atoms with Crippen LogP contribution in [0, 0.1) is 0 Å². The summed E-state index contributed by atoms with van der Waals surface area (Å²) in [4.78, 5) is 22.8. The number of hydrogen-bond donors (Lipinski definition) is 3. The summed E-state index contributed by atoms with van der Waals surface area (Å²) in [7, 11) is 0.